The second-order valence-corrected chi connectivity index (χ2v) is 8.19. The summed E-state index contributed by atoms with van der Waals surface area (Å²) in [6.07, 6.45) is 3.91. The molecule has 2 aromatic heterocycles. The Kier molecular flexibility index (Phi) is 5.49. The van der Waals surface area contributed by atoms with Crippen LogP contribution in [0.1, 0.15) is 11.1 Å². The molecule has 0 amide bonds. The van der Waals surface area contributed by atoms with Gasteiger partial charge in [0.15, 0.2) is 0 Å². The number of benzene rings is 4. The van der Waals surface area contributed by atoms with Gasteiger partial charge in [0.2, 0.25) is 0 Å². The van der Waals surface area contributed by atoms with Crippen LogP contribution >= 0.6 is 0 Å². The Morgan fingerprint density at radius 2 is 1.48 bits per heavy atom. The maximum atomic E-state index is 4.72. The summed E-state index contributed by atoms with van der Waals surface area (Å²) in [6, 6.07) is 33.3. The van der Waals surface area contributed by atoms with Crippen molar-refractivity contribution >= 4 is 21.8 Å². The Hall–Kier alpha value is -3.46. The largest absolute Gasteiger partial charge is 0.351 e. The minimum absolute atomic E-state index is 0. The molecule has 0 aliphatic rings. The molecule has 0 saturated carbocycles. The van der Waals surface area contributed by atoms with Gasteiger partial charge in [-0.3, -0.25) is 4.98 Å². The Labute approximate surface area is 206 Å². The van der Waals surface area contributed by atoms with Crippen molar-refractivity contribution in [3.63, 3.8) is 0 Å². The van der Waals surface area contributed by atoms with Crippen LogP contribution in [0.3, 0.4) is 0 Å². The fourth-order valence-electron chi connectivity index (χ4n) is 4.76. The van der Waals surface area contributed by atoms with Crippen LogP contribution in [0.15, 0.2) is 97.3 Å². The van der Waals surface area contributed by atoms with E-state index in [-0.39, 0.29) is 20.1 Å². The molecule has 6 aromatic rings. The molecule has 3 nitrogen and oxygen atoms in total. The third-order valence-corrected chi connectivity index (χ3v) is 6.18. The van der Waals surface area contributed by atoms with Crippen LogP contribution in [0.4, 0.5) is 0 Å². The van der Waals surface area contributed by atoms with E-state index in [0.29, 0.717) is 0 Å². The second kappa shape index (κ2) is 8.47. The summed E-state index contributed by atoms with van der Waals surface area (Å²) < 4.78 is 4.49. The monoisotopic (exact) mass is 605 g/mol. The van der Waals surface area contributed by atoms with Crippen molar-refractivity contribution in [3.8, 4) is 22.8 Å². The first-order chi connectivity index (χ1) is 15.7. The van der Waals surface area contributed by atoms with Gasteiger partial charge in [0, 0.05) is 49.4 Å². The van der Waals surface area contributed by atoms with Crippen molar-refractivity contribution in [1.29, 1.82) is 0 Å². The molecule has 6 rings (SSSR count). The molecule has 163 valence electrons. The van der Waals surface area contributed by atoms with E-state index in [9.17, 15) is 0 Å². The average Bonchev–Trinajstić information content (AvgIpc) is 3.42. The number of aromatic nitrogens is 3. The van der Waals surface area contributed by atoms with E-state index >= 15 is 0 Å². The second-order valence-electron chi connectivity index (χ2n) is 8.19. The van der Waals surface area contributed by atoms with Crippen molar-refractivity contribution < 1.29 is 20.1 Å². The number of fused-ring (bicyclic) bond motifs is 3. The predicted molar refractivity (Wildman–Crippen MR) is 132 cm³/mol. The summed E-state index contributed by atoms with van der Waals surface area (Å²) in [7, 11) is 0. The van der Waals surface area contributed by atoms with Crippen LogP contribution in [-0.4, -0.2) is 14.1 Å². The van der Waals surface area contributed by atoms with Gasteiger partial charge < -0.3 is 9.13 Å². The molecule has 0 unspecified atom stereocenters. The first-order valence-electron chi connectivity index (χ1n) is 10.8. The maximum absolute atomic E-state index is 4.72. The van der Waals surface area contributed by atoms with Crippen LogP contribution in [0.25, 0.3) is 44.6 Å². The van der Waals surface area contributed by atoms with Gasteiger partial charge in [-0.1, -0.05) is 60.0 Å². The van der Waals surface area contributed by atoms with Crippen molar-refractivity contribution in [3.05, 3.63) is 115 Å². The maximum Gasteiger partial charge on any atom is 0.0603 e. The molecule has 33 heavy (non-hydrogen) atoms. The van der Waals surface area contributed by atoms with Crippen LogP contribution in [0, 0.1) is 19.9 Å². The third-order valence-electron chi connectivity index (χ3n) is 6.18. The molecule has 0 aliphatic carbocycles. The zero-order valence-corrected chi connectivity index (χ0v) is 20.8. The van der Waals surface area contributed by atoms with Crippen LogP contribution in [-0.2, 0) is 20.1 Å². The molecule has 0 spiro atoms. The van der Waals surface area contributed by atoms with E-state index in [1.807, 2.05) is 12.4 Å². The number of rotatable bonds is 3. The van der Waals surface area contributed by atoms with Gasteiger partial charge in [0.05, 0.1) is 5.82 Å². The molecule has 4 heteroatoms. The van der Waals surface area contributed by atoms with E-state index in [2.05, 4.69) is 114 Å². The first kappa shape index (κ1) is 21.4. The third kappa shape index (κ3) is 3.43. The van der Waals surface area contributed by atoms with E-state index in [4.69, 9.17) is 4.98 Å². The normalized spacial score (nSPS) is 11.1. The van der Waals surface area contributed by atoms with Gasteiger partial charge in [0.25, 0.3) is 0 Å². The summed E-state index contributed by atoms with van der Waals surface area (Å²) in [6.45, 7) is 4.29. The summed E-state index contributed by atoms with van der Waals surface area (Å²) in [5, 5.41) is 2.43. The Morgan fingerprint density at radius 1 is 0.758 bits per heavy atom. The quantitative estimate of drug-likeness (QED) is 0.199. The fraction of sp³-hybridized carbons (Fsp3) is 0.0690. The Bertz CT molecular complexity index is 1570. The molecular formula is C29H22IrN3-. The summed E-state index contributed by atoms with van der Waals surface area (Å²) >= 11 is 0. The molecule has 2 heterocycles. The molecule has 1 radical (unpaired) electrons. The van der Waals surface area contributed by atoms with Gasteiger partial charge in [-0.2, -0.15) is 0 Å². The van der Waals surface area contributed by atoms with Crippen molar-refractivity contribution in [1.82, 2.24) is 14.1 Å². The topological polar surface area (TPSA) is 22.8 Å². The molecule has 4 aromatic carbocycles. The average molecular weight is 605 g/mol. The van der Waals surface area contributed by atoms with E-state index in [0.717, 1.165) is 22.6 Å². The van der Waals surface area contributed by atoms with Gasteiger partial charge in [0.1, 0.15) is 0 Å². The number of para-hydroxylation sites is 3. The molecule has 0 saturated heterocycles. The molecular weight excluding hydrogens is 583 g/mol. The van der Waals surface area contributed by atoms with E-state index in [1.54, 1.807) is 0 Å². The van der Waals surface area contributed by atoms with Crippen molar-refractivity contribution in [2.75, 3.05) is 0 Å². The van der Waals surface area contributed by atoms with E-state index < -0.39 is 0 Å². The summed E-state index contributed by atoms with van der Waals surface area (Å²) in [5.74, 6) is 0.904. The van der Waals surface area contributed by atoms with Crippen molar-refractivity contribution in [2.45, 2.75) is 13.8 Å². The van der Waals surface area contributed by atoms with Crippen molar-refractivity contribution in [2.24, 2.45) is 0 Å². The van der Waals surface area contributed by atoms with E-state index in [1.165, 1.54) is 33.1 Å². The fourth-order valence-corrected chi connectivity index (χ4v) is 4.76. The number of nitrogens with zero attached hydrogens (tertiary/aromatic N) is 3. The minimum Gasteiger partial charge on any atom is -0.351 e. The minimum atomic E-state index is 0. The molecule has 0 bridgehead atoms. The molecule has 0 N–H and O–H groups in total. The van der Waals surface area contributed by atoms with Gasteiger partial charge in [-0.05, 0) is 54.1 Å². The Balaban J connectivity index is 0.00000228. The number of aryl methyl sites for hydroxylation is 2. The van der Waals surface area contributed by atoms with Gasteiger partial charge >= 0.3 is 0 Å². The Morgan fingerprint density at radius 3 is 2.27 bits per heavy atom. The number of imidazole rings is 1. The zero-order chi connectivity index (χ0) is 21.7. The number of hydrogen-bond donors (Lipinski definition) is 0. The summed E-state index contributed by atoms with van der Waals surface area (Å²) in [5.41, 5.74) is 8.11. The summed E-state index contributed by atoms with van der Waals surface area (Å²) in [4.78, 5) is 4.72. The molecule has 0 aliphatic heterocycles. The van der Waals surface area contributed by atoms with Gasteiger partial charge in [-0.15, -0.1) is 23.8 Å². The van der Waals surface area contributed by atoms with Crippen LogP contribution in [0.5, 0.6) is 0 Å². The van der Waals surface area contributed by atoms with Crippen LogP contribution in [0.2, 0.25) is 0 Å². The predicted octanol–water partition coefficient (Wildman–Crippen LogP) is 7.05. The molecule has 0 atom stereocenters. The van der Waals surface area contributed by atoms with Gasteiger partial charge in [-0.25, -0.2) is 0 Å². The number of hydrogen-bond acceptors (Lipinski definition) is 1. The smallest absolute Gasteiger partial charge is 0.0603 e. The molecule has 0 fully saturated rings. The van der Waals surface area contributed by atoms with Crippen LogP contribution < -0.4 is 0 Å². The first-order valence-corrected chi connectivity index (χ1v) is 10.8. The zero-order valence-electron chi connectivity index (χ0n) is 18.4. The standard InChI is InChI=1S/C29H22N3.Ir/c1-20-9-8-10-21(2)28(20)31-18-17-30-29(31)22-15-16-27-25(19-22)24-13-6-7-14-26(24)32(27)23-11-4-3-5-12-23;/h3-14,16-19H,1-2H3;/q-1;. The SMILES string of the molecule is Cc1cccc(C)c1-n1ccnc1-c1[c-]cc2c(c1)c1ccccc1n2-c1ccccc1.[Ir].